The number of amides is 2. The maximum absolute atomic E-state index is 12.3. The van der Waals surface area contributed by atoms with Crippen molar-refractivity contribution in [3.05, 3.63) is 53.1 Å². The first kappa shape index (κ1) is 21.1. The van der Waals surface area contributed by atoms with Crippen LogP contribution in [-0.4, -0.2) is 44.2 Å². The predicted molar refractivity (Wildman–Crippen MR) is 114 cm³/mol. The SMILES string of the molecule is COc1ccc(NC(=O)CC2N=C(NN=Cc3ccccc3Cl)NC2=O)cc1OC. The zero-order valence-electron chi connectivity index (χ0n) is 16.3. The molecule has 0 saturated heterocycles. The third-order valence-corrected chi connectivity index (χ3v) is 4.50. The van der Waals surface area contributed by atoms with Crippen LogP contribution in [0.1, 0.15) is 12.0 Å². The number of halogens is 1. The monoisotopic (exact) mass is 429 g/mol. The van der Waals surface area contributed by atoms with E-state index in [1.54, 1.807) is 30.3 Å². The molecule has 2 amide bonds. The Hall–Kier alpha value is -3.59. The highest BCUT2D eigenvalue weighted by molar-refractivity contribution is 6.33. The lowest BCUT2D eigenvalue weighted by molar-refractivity contribution is -0.123. The van der Waals surface area contributed by atoms with Crippen LogP contribution in [0, 0.1) is 0 Å². The van der Waals surface area contributed by atoms with E-state index in [-0.39, 0.29) is 18.3 Å². The Labute approximate surface area is 178 Å². The molecule has 3 N–H and O–H groups in total. The molecule has 0 bridgehead atoms. The number of hydrazone groups is 1. The van der Waals surface area contributed by atoms with Crippen LogP contribution < -0.4 is 25.5 Å². The number of rotatable bonds is 7. The minimum atomic E-state index is -0.858. The van der Waals surface area contributed by atoms with Gasteiger partial charge >= 0.3 is 0 Å². The van der Waals surface area contributed by atoms with Gasteiger partial charge in [-0.3, -0.25) is 14.9 Å². The van der Waals surface area contributed by atoms with Crippen LogP contribution >= 0.6 is 11.6 Å². The first-order valence-electron chi connectivity index (χ1n) is 8.94. The number of guanidine groups is 1. The number of hydrogen-bond acceptors (Lipinski definition) is 7. The molecular weight excluding hydrogens is 410 g/mol. The average molecular weight is 430 g/mol. The van der Waals surface area contributed by atoms with E-state index in [0.717, 1.165) is 0 Å². The van der Waals surface area contributed by atoms with Gasteiger partial charge in [-0.25, -0.2) is 10.4 Å². The third-order valence-electron chi connectivity index (χ3n) is 4.15. The second-order valence-electron chi connectivity index (χ2n) is 6.20. The summed E-state index contributed by atoms with van der Waals surface area (Å²) in [6, 6.07) is 11.3. The van der Waals surface area contributed by atoms with Gasteiger partial charge in [0.05, 0.1) is 26.9 Å². The van der Waals surface area contributed by atoms with Crippen LogP contribution in [0.2, 0.25) is 5.02 Å². The van der Waals surface area contributed by atoms with Crippen molar-refractivity contribution in [3.8, 4) is 11.5 Å². The summed E-state index contributed by atoms with van der Waals surface area (Å²) in [5.74, 6) is 0.421. The van der Waals surface area contributed by atoms with Gasteiger partial charge in [0.25, 0.3) is 5.91 Å². The summed E-state index contributed by atoms with van der Waals surface area (Å²) < 4.78 is 10.4. The van der Waals surface area contributed by atoms with Crippen LogP contribution in [0.4, 0.5) is 5.69 Å². The summed E-state index contributed by atoms with van der Waals surface area (Å²) in [5, 5.41) is 9.81. The van der Waals surface area contributed by atoms with Crippen molar-refractivity contribution >= 4 is 41.3 Å². The fraction of sp³-hybridized carbons (Fsp3) is 0.200. The van der Waals surface area contributed by atoms with Gasteiger partial charge in [0, 0.05) is 22.3 Å². The van der Waals surface area contributed by atoms with E-state index in [0.29, 0.717) is 27.8 Å². The molecule has 2 aromatic rings. The first-order chi connectivity index (χ1) is 14.5. The van der Waals surface area contributed by atoms with Crippen molar-refractivity contribution in [2.75, 3.05) is 19.5 Å². The van der Waals surface area contributed by atoms with E-state index in [9.17, 15) is 9.59 Å². The molecule has 0 fully saturated rings. The number of nitrogens with one attached hydrogen (secondary N) is 3. The molecule has 156 valence electrons. The Bertz CT molecular complexity index is 1010. The number of anilines is 1. The minimum absolute atomic E-state index is 0.125. The standard InChI is InChI=1S/C20H20ClN5O4/c1-29-16-8-7-13(9-17(16)30-2)23-18(27)10-15-19(28)25-20(24-15)26-22-11-12-5-3-4-6-14(12)21/h3-9,11,15H,10H2,1-2H3,(H,23,27)(H2,24,25,26,28). The number of methoxy groups -OCH3 is 2. The Morgan fingerprint density at radius 2 is 2.00 bits per heavy atom. The van der Waals surface area contributed by atoms with Gasteiger partial charge < -0.3 is 14.8 Å². The fourth-order valence-electron chi connectivity index (χ4n) is 2.69. The van der Waals surface area contributed by atoms with Crippen molar-refractivity contribution in [2.45, 2.75) is 12.5 Å². The molecule has 1 aliphatic rings. The van der Waals surface area contributed by atoms with Crippen molar-refractivity contribution in [1.29, 1.82) is 0 Å². The molecule has 0 aliphatic carbocycles. The Morgan fingerprint density at radius 3 is 2.73 bits per heavy atom. The van der Waals surface area contributed by atoms with E-state index in [1.807, 2.05) is 12.1 Å². The van der Waals surface area contributed by atoms with Crippen LogP contribution in [0.3, 0.4) is 0 Å². The number of nitrogens with zero attached hydrogens (tertiary/aromatic N) is 2. The van der Waals surface area contributed by atoms with Crippen molar-refractivity contribution < 1.29 is 19.1 Å². The number of carbonyl (C=O) groups excluding carboxylic acids is 2. The summed E-state index contributed by atoms with van der Waals surface area (Å²) in [6.45, 7) is 0. The Kier molecular flexibility index (Phi) is 6.87. The van der Waals surface area contributed by atoms with Gasteiger partial charge in [-0.05, 0) is 18.2 Å². The van der Waals surface area contributed by atoms with Crippen LogP contribution in [0.25, 0.3) is 0 Å². The quantitative estimate of drug-likeness (QED) is 0.461. The smallest absolute Gasteiger partial charge is 0.252 e. The topological polar surface area (TPSA) is 113 Å². The molecule has 0 aromatic heterocycles. The molecule has 0 spiro atoms. The van der Waals surface area contributed by atoms with Crippen LogP contribution in [-0.2, 0) is 9.59 Å². The predicted octanol–water partition coefficient (Wildman–Crippen LogP) is 2.16. The van der Waals surface area contributed by atoms with Crippen molar-refractivity contribution in [3.63, 3.8) is 0 Å². The average Bonchev–Trinajstić information content (AvgIpc) is 3.08. The molecule has 1 aliphatic heterocycles. The second-order valence-corrected chi connectivity index (χ2v) is 6.60. The highest BCUT2D eigenvalue weighted by atomic mass is 35.5. The number of aliphatic imine (C=N–C) groups is 1. The molecule has 1 atom stereocenters. The lowest BCUT2D eigenvalue weighted by atomic mass is 10.2. The van der Waals surface area contributed by atoms with Gasteiger partial charge in [-0.1, -0.05) is 29.8 Å². The van der Waals surface area contributed by atoms with Gasteiger partial charge in [-0.15, -0.1) is 0 Å². The third kappa shape index (κ3) is 5.26. The fourth-order valence-corrected chi connectivity index (χ4v) is 2.87. The van der Waals surface area contributed by atoms with E-state index in [2.05, 4.69) is 26.2 Å². The maximum atomic E-state index is 12.3. The molecule has 0 radical (unpaired) electrons. The van der Waals surface area contributed by atoms with Crippen LogP contribution in [0.5, 0.6) is 11.5 Å². The zero-order chi connectivity index (χ0) is 21.5. The van der Waals surface area contributed by atoms with E-state index in [1.165, 1.54) is 20.4 Å². The van der Waals surface area contributed by atoms with Gasteiger partial charge in [0.15, 0.2) is 11.5 Å². The number of ether oxygens (including phenoxy) is 2. The Balaban J connectivity index is 1.57. The molecule has 9 nitrogen and oxygen atoms in total. The van der Waals surface area contributed by atoms with Gasteiger partial charge in [-0.2, -0.15) is 5.10 Å². The second kappa shape index (κ2) is 9.75. The molecule has 0 saturated carbocycles. The number of hydrogen-bond donors (Lipinski definition) is 3. The summed E-state index contributed by atoms with van der Waals surface area (Å²) in [5.41, 5.74) is 3.86. The lowest BCUT2D eigenvalue weighted by Gasteiger charge is -2.11. The summed E-state index contributed by atoms with van der Waals surface area (Å²) >= 11 is 6.05. The molecular formula is C20H20ClN5O4. The summed E-state index contributed by atoms with van der Waals surface area (Å²) in [4.78, 5) is 28.6. The highest BCUT2D eigenvalue weighted by Gasteiger charge is 2.28. The van der Waals surface area contributed by atoms with E-state index in [4.69, 9.17) is 21.1 Å². The van der Waals surface area contributed by atoms with Crippen molar-refractivity contribution in [2.24, 2.45) is 10.1 Å². The number of carbonyl (C=O) groups is 2. The molecule has 1 heterocycles. The van der Waals surface area contributed by atoms with Crippen LogP contribution in [0.15, 0.2) is 52.6 Å². The maximum Gasteiger partial charge on any atom is 0.252 e. The molecule has 1 unspecified atom stereocenters. The number of benzene rings is 2. The summed E-state index contributed by atoms with van der Waals surface area (Å²) in [7, 11) is 3.03. The normalized spacial score (nSPS) is 15.5. The molecule has 10 heteroatoms. The molecule has 2 aromatic carbocycles. The first-order valence-corrected chi connectivity index (χ1v) is 9.32. The van der Waals surface area contributed by atoms with Gasteiger partial charge in [0.1, 0.15) is 6.04 Å². The lowest BCUT2D eigenvalue weighted by Crippen LogP contribution is -2.35. The molecule has 30 heavy (non-hydrogen) atoms. The van der Waals surface area contributed by atoms with E-state index >= 15 is 0 Å². The van der Waals surface area contributed by atoms with E-state index < -0.39 is 11.9 Å². The largest absolute Gasteiger partial charge is 0.493 e. The highest BCUT2D eigenvalue weighted by Crippen LogP contribution is 2.29. The summed E-state index contributed by atoms with van der Waals surface area (Å²) in [6.07, 6.45) is 1.38. The van der Waals surface area contributed by atoms with Crippen molar-refractivity contribution in [1.82, 2.24) is 10.7 Å². The zero-order valence-corrected chi connectivity index (χ0v) is 17.1. The minimum Gasteiger partial charge on any atom is -0.493 e. The van der Waals surface area contributed by atoms with Gasteiger partial charge in [0.2, 0.25) is 11.9 Å². The molecule has 3 rings (SSSR count). The Morgan fingerprint density at radius 1 is 1.23 bits per heavy atom.